The van der Waals surface area contributed by atoms with Crippen LogP contribution in [0.2, 0.25) is 0 Å². The quantitative estimate of drug-likeness (QED) is 0.848. The largest absolute Gasteiger partial charge is 0.481 e. The lowest BCUT2D eigenvalue weighted by molar-refractivity contribution is -0.147. The highest BCUT2D eigenvalue weighted by atomic mass is 19.1. The van der Waals surface area contributed by atoms with Gasteiger partial charge in [0.15, 0.2) is 0 Å². The molecule has 1 aromatic rings. The van der Waals surface area contributed by atoms with Crippen LogP contribution in [0.25, 0.3) is 0 Å². The zero-order valence-corrected chi connectivity index (χ0v) is 12.5. The number of hydrogen-bond acceptors (Lipinski definition) is 2. The molecule has 0 aromatic heterocycles. The third-order valence-electron chi connectivity index (χ3n) is 3.61. The summed E-state index contributed by atoms with van der Waals surface area (Å²) in [5, 5.41) is 11.8. The Bertz CT molecular complexity index is 521. The normalized spacial score (nSPS) is 13.3. The van der Waals surface area contributed by atoms with E-state index < -0.39 is 23.2 Å². The summed E-state index contributed by atoms with van der Waals surface area (Å²) < 4.78 is 13.2. The number of nitrogens with zero attached hydrogens (tertiary/aromatic N) is 1. The Balaban J connectivity index is 2.79. The first-order valence-corrected chi connectivity index (χ1v) is 6.88. The van der Waals surface area contributed by atoms with Crippen LogP contribution >= 0.6 is 0 Å². The molecule has 1 rings (SSSR count). The number of nitrogens with one attached hydrogen (secondary N) is 1. The minimum atomic E-state index is -1.02. The second kappa shape index (κ2) is 7.06. The summed E-state index contributed by atoms with van der Waals surface area (Å²) in [6.07, 6.45) is 0.398. The minimum absolute atomic E-state index is 0.0173. The molecule has 0 saturated carbocycles. The fraction of sp³-hybridized carbons (Fsp3) is 0.467. The molecule has 2 N–H and O–H groups in total. The summed E-state index contributed by atoms with van der Waals surface area (Å²) in [7, 11) is 0. The number of carboxylic acids is 1. The molecular weight excluding hydrogens is 275 g/mol. The molecule has 21 heavy (non-hydrogen) atoms. The molecule has 0 saturated heterocycles. The van der Waals surface area contributed by atoms with Crippen LogP contribution < -0.4 is 10.2 Å². The Morgan fingerprint density at radius 3 is 2.52 bits per heavy atom. The van der Waals surface area contributed by atoms with Crippen molar-refractivity contribution >= 4 is 17.7 Å². The maximum Gasteiger partial charge on any atom is 0.321 e. The fourth-order valence-corrected chi connectivity index (χ4v) is 1.81. The number of carbonyl (C=O) groups is 2. The van der Waals surface area contributed by atoms with E-state index in [9.17, 15) is 19.1 Å². The maximum atomic E-state index is 13.2. The van der Waals surface area contributed by atoms with Gasteiger partial charge in [-0.05, 0) is 38.5 Å². The van der Waals surface area contributed by atoms with Gasteiger partial charge in [0.2, 0.25) is 0 Å². The van der Waals surface area contributed by atoms with Crippen LogP contribution in [-0.2, 0) is 4.79 Å². The molecule has 0 fully saturated rings. The van der Waals surface area contributed by atoms with E-state index >= 15 is 0 Å². The molecule has 0 heterocycles. The van der Waals surface area contributed by atoms with Gasteiger partial charge in [-0.15, -0.1) is 0 Å². The van der Waals surface area contributed by atoms with Crippen molar-refractivity contribution < 1.29 is 19.1 Å². The zero-order chi connectivity index (χ0) is 16.0. The Labute approximate surface area is 123 Å². The Morgan fingerprint density at radius 2 is 2.05 bits per heavy atom. The summed E-state index contributed by atoms with van der Waals surface area (Å²) in [5.41, 5.74) is -0.583. The Morgan fingerprint density at radius 1 is 1.38 bits per heavy atom. The first kappa shape index (κ1) is 16.9. The highest BCUT2D eigenvalue weighted by Crippen LogP contribution is 2.21. The highest BCUT2D eigenvalue weighted by Gasteiger charge is 2.32. The summed E-state index contributed by atoms with van der Waals surface area (Å²) in [4.78, 5) is 24.7. The van der Waals surface area contributed by atoms with E-state index in [1.807, 2.05) is 0 Å². The number of aliphatic carboxylic acids is 1. The molecular formula is C15H21FN2O3. The molecule has 6 heteroatoms. The number of rotatable bonds is 6. The minimum Gasteiger partial charge on any atom is -0.481 e. The topological polar surface area (TPSA) is 69.6 Å². The first-order chi connectivity index (χ1) is 9.84. The van der Waals surface area contributed by atoms with Crippen LogP contribution in [0.1, 0.15) is 27.2 Å². The van der Waals surface area contributed by atoms with Crippen molar-refractivity contribution in [2.75, 3.05) is 18.0 Å². The fourth-order valence-electron chi connectivity index (χ4n) is 1.81. The van der Waals surface area contributed by atoms with E-state index in [1.165, 1.54) is 23.1 Å². The number of anilines is 1. The highest BCUT2D eigenvalue weighted by molar-refractivity contribution is 5.92. The van der Waals surface area contributed by atoms with E-state index in [4.69, 9.17) is 0 Å². The van der Waals surface area contributed by atoms with Crippen LogP contribution in [0.3, 0.4) is 0 Å². The second-order valence-electron chi connectivity index (χ2n) is 5.10. The molecule has 0 spiro atoms. The van der Waals surface area contributed by atoms with E-state index in [2.05, 4.69) is 5.32 Å². The summed E-state index contributed by atoms with van der Waals surface area (Å²) in [6.45, 7) is 5.47. The molecule has 0 bridgehead atoms. The summed E-state index contributed by atoms with van der Waals surface area (Å²) >= 11 is 0. The molecule has 5 nitrogen and oxygen atoms in total. The third-order valence-corrected chi connectivity index (χ3v) is 3.61. The maximum absolute atomic E-state index is 13.2. The van der Waals surface area contributed by atoms with Gasteiger partial charge in [-0.2, -0.15) is 0 Å². The molecule has 1 aromatic carbocycles. The lowest BCUT2D eigenvalue weighted by Crippen LogP contribution is -2.46. The van der Waals surface area contributed by atoms with Crippen molar-refractivity contribution in [3.05, 3.63) is 30.1 Å². The summed E-state index contributed by atoms with van der Waals surface area (Å²) in [6, 6.07) is 5.27. The number of hydrogen-bond donors (Lipinski definition) is 2. The number of carboxylic acid groups (broad SMARTS) is 1. The van der Waals surface area contributed by atoms with E-state index in [0.717, 1.165) is 0 Å². The van der Waals surface area contributed by atoms with Crippen LogP contribution in [0.5, 0.6) is 0 Å². The van der Waals surface area contributed by atoms with Gasteiger partial charge in [0.05, 0.1) is 5.41 Å². The molecule has 2 amide bonds. The number of benzene rings is 1. The van der Waals surface area contributed by atoms with Gasteiger partial charge in [0, 0.05) is 18.8 Å². The van der Waals surface area contributed by atoms with Gasteiger partial charge >= 0.3 is 12.0 Å². The number of halogens is 1. The van der Waals surface area contributed by atoms with Crippen molar-refractivity contribution in [1.82, 2.24) is 5.32 Å². The zero-order valence-electron chi connectivity index (χ0n) is 12.5. The van der Waals surface area contributed by atoms with Crippen LogP contribution in [0.4, 0.5) is 14.9 Å². The van der Waals surface area contributed by atoms with Crippen molar-refractivity contribution in [3.8, 4) is 0 Å². The molecule has 1 unspecified atom stereocenters. The molecule has 0 radical (unpaired) electrons. The molecule has 116 valence electrons. The van der Waals surface area contributed by atoms with Crippen LogP contribution in [0, 0.1) is 11.2 Å². The van der Waals surface area contributed by atoms with Crippen molar-refractivity contribution in [1.29, 1.82) is 0 Å². The van der Waals surface area contributed by atoms with E-state index in [0.29, 0.717) is 18.7 Å². The average molecular weight is 296 g/mol. The SMILES string of the molecule is CCN(C(=O)NCC(C)(CC)C(=O)O)c1cccc(F)c1. The average Bonchev–Trinajstić information content (AvgIpc) is 2.45. The predicted molar refractivity (Wildman–Crippen MR) is 78.9 cm³/mol. The summed E-state index contributed by atoms with van der Waals surface area (Å²) in [5.74, 6) is -1.39. The molecule has 0 aliphatic rings. The smallest absolute Gasteiger partial charge is 0.321 e. The van der Waals surface area contributed by atoms with E-state index in [1.54, 1.807) is 26.8 Å². The van der Waals surface area contributed by atoms with Crippen molar-refractivity contribution in [2.24, 2.45) is 5.41 Å². The lowest BCUT2D eigenvalue weighted by Gasteiger charge is -2.27. The Kier molecular flexibility index (Phi) is 5.69. The molecule has 0 aliphatic heterocycles. The molecule has 0 aliphatic carbocycles. The van der Waals surface area contributed by atoms with Gasteiger partial charge in [-0.1, -0.05) is 13.0 Å². The second-order valence-corrected chi connectivity index (χ2v) is 5.10. The Hall–Kier alpha value is -2.11. The van der Waals surface area contributed by atoms with Crippen LogP contribution in [0.15, 0.2) is 24.3 Å². The lowest BCUT2D eigenvalue weighted by atomic mass is 9.88. The van der Waals surface area contributed by atoms with Gasteiger partial charge in [0.25, 0.3) is 0 Å². The monoisotopic (exact) mass is 296 g/mol. The standard InChI is InChI=1S/C15H21FN2O3/c1-4-15(3,13(19)20)10-17-14(21)18(5-2)12-8-6-7-11(16)9-12/h6-9H,4-5,10H2,1-3H3,(H,17,21)(H,19,20). The van der Waals surface area contributed by atoms with E-state index in [-0.39, 0.29) is 6.54 Å². The van der Waals surface area contributed by atoms with Crippen LogP contribution in [-0.4, -0.2) is 30.2 Å². The predicted octanol–water partition coefficient (Wildman–Crippen LogP) is 2.86. The van der Waals surface area contributed by atoms with Crippen molar-refractivity contribution in [2.45, 2.75) is 27.2 Å². The van der Waals surface area contributed by atoms with Gasteiger partial charge in [-0.3, -0.25) is 9.69 Å². The first-order valence-electron chi connectivity index (χ1n) is 6.88. The van der Waals surface area contributed by atoms with Crippen molar-refractivity contribution in [3.63, 3.8) is 0 Å². The van der Waals surface area contributed by atoms with Gasteiger partial charge < -0.3 is 10.4 Å². The third kappa shape index (κ3) is 4.18. The van der Waals surface area contributed by atoms with Gasteiger partial charge in [0.1, 0.15) is 5.82 Å². The van der Waals surface area contributed by atoms with Gasteiger partial charge in [-0.25, -0.2) is 9.18 Å². The number of carbonyl (C=O) groups excluding carboxylic acids is 1. The number of amides is 2. The number of urea groups is 1. The molecule has 1 atom stereocenters.